The van der Waals surface area contributed by atoms with Gasteiger partial charge < -0.3 is 41.6 Å². The number of ether oxygens (including phenoxy) is 1. The van der Waals surface area contributed by atoms with Gasteiger partial charge in [-0.3, -0.25) is 19.4 Å². The fourth-order valence-electron chi connectivity index (χ4n) is 6.10. The molecule has 48 heavy (non-hydrogen) atoms. The standard InChI is InChI=1S/C35H42N8O5/c1-2-42-28-14-7-6-12-25(28)26-20-24(16-17-29(26)42)40-32(45)27(13-8-18-38-34(36)37)41-33(46)30-15-9-19-43(30)31(44)21-39-35(47)48-22-23-10-4-3-5-11-23/h3-7,10-12,14,16-17,20,27,30H,2,8-9,13,15,18-19,21-22H2,1H3,(H,39,47)(H,40,45)(H,41,46)(H4,36,37,38)/t27-,30-/m0/s1. The van der Waals surface area contributed by atoms with Gasteiger partial charge in [0.1, 0.15) is 25.2 Å². The summed E-state index contributed by atoms with van der Waals surface area (Å²) < 4.78 is 7.41. The lowest BCUT2D eigenvalue weighted by Crippen LogP contribution is -2.53. The van der Waals surface area contributed by atoms with Crippen LogP contribution in [-0.4, -0.2) is 71.0 Å². The Morgan fingerprint density at radius 3 is 2.50 bits per heavy atom. The Morgan fingerprint density at radius 1 is 0.979 bits per heavy atom. The highest BCUT2D eigenvalue weighted by Crippen LogP contribution is 2.31. The van der Waals surface area contributed by atoms with Crippen LogP contribution >= 0.6 is 0 Å². The van der Waals surface area contributed by atoms with Gasteiger partial charge >= 0.3 is 6.09 Å². The van der Waals surface area contributed by atoms with E-state index in [1.165, 1.54) is 4.90 Å². The van der Waals surface area contributed by atoms with E-state index in [1.54, 1.807) is 0 Å². The molecule has 4 amide bonds. The van der Waals surface area contributed by atoms with Gasteiger partial charge in [-0.05, 0) is 62.4 Å². The topological polar surface area (TPSA) is 186 Å². The normalized spacial score (nSPS) is 14.8. The number of nitrogens with zero attached hydrogens (tertiary/aromatic N) is 3. The molecule has 1 saturated heterocycles. The van der Waals surface area contributed by atoms with E-state index < -0.39 is 35.9 Å². The zero-order chi connectivity index (χ0) is 34.0. The zero-order valence-electron chi connectivity index (χ0n) is 27.0. The van der Waals surface area contributed by atoms with Crippen LogP contribution in [0.25, 0.3) is 21.8 Å². The summed E-state index contributed by atoms with van der Waals surface area (Å²) in [7, 11) is 0. The maximum absolute atomic E-state index is 13.7. The molecule has 0 bridgehead atoms. The average molecular weight is 655 g/mol. The van der Waals surface area contributed by atoms with E-state index in [2.05, 4.69) is 44.6 Å². The Kier molecular flexibility index (Phi) is 11.1. The summed E-state index contributed by atoms with van der Waals surface area (Å²) in [4.78, 5) is 57.9. The molecule has 0 aliphatic carbocycles. The number of guanidine groups is 1. The zero-order valence-corrected chi connectivity index (χ0v) is 27.0. The largest absolute Gasteiger partial charge is 0.445 e. The number of likely N-dealkylation sites (tertiary alicyclic amines) is 1. The first-order chi connectivity index (χ1) is 23.2. The molecule has 2 atom stereocenters. The number of hydrogen-bond donors (Lipinski definition) is 5. The first kappa shape index (κ1) is 33.8. The lowest BCUT2D eigenvalue weighted by molar-refractivity contribution is -0.138. The van der Waals surface area contributed by atoms with Crippen LogP contribution in [0.5, 0.6) is 0 Å². The van der Waals surface area contributed by atoms with E-state index in [0.29, 0.717) is 31.5 Å². The molecule has 3 aromatic carbocycles. The third-order valence-corrected chi connectivity index (χ3v) is 8.41. The average Bonchev–Trinajstić information content (AvgIpc) is 3.71. The maximum atomic E-state index is 13.7. The molecule has 13 nitrogen and oxygen atoms in total. The number of carbonyl (C=O) groups is 4. The Morgan fingerprint density at radius 2 is 1.73 bits per heavy atom. The van der Waals surface area contributed by atoms with Crippen molar-refractivity contribution in [1.29, 1.82) is 0 Å². The SMILES string of the molecule is CCn1c2ccccc2c2cc(NC(=O)[C@H](CCCN=C(N)N)NC(=O)[C@@H]3CCCN3C(=O)CNC(=O)OCc3ccccc3)ccc21. The van der Waals surface area contributed by atoms with Gasteiger partial charge in [-0.25, -0.2) is 4.79 Å². The quantitative estimate of drug-likeness (QED) is 0.0832. The van der Waals surface area contributed by atoms with E-state index in [-0.39, 0.29) is 32.1 Å². The van der Waals surface area contributed by atoms with Gasteiger partial charge in [-0.15, -0.1) is 0 Å². The minimum absolute atomic E-state index is 0.0581. The monoisotopic (exact) mass is 654 g/mol. The number of nitrogens with two attached hydrogens (primary N) is 2. The molecule has 0 spiro atoms. The summed E-state index contributed by atoms with van der Waals surface area (Å²) in [6, 6.07) is 21.4. The highest BCUT2D eigenvalue weighted by molar-refractivity contribution is 6.10. The van der Waals surface area contributed by atoms with Crippen molar-refractivity contribution in [3.05, 3.63) is 78.4 Å². The predicted octanol–water partition coefficient (Wildman–Crippen LogP) is 3.21. The second kappa shape index (κ2) is 15.8. The van der Waals surface area contributed by atoms with Crippen LogP contribution in [0, 0.1) is 0 Å². The van der Waals surface area contributed by atoms with Crippen LogP contribution in [-0.2, 0) is 32.3 Å². The summed E-state index contributed by atoms with van der Waals surface area (Å²) in [5.41, 5.74) is 14.5. The highest BCUT2D eigenvalue weighted by atomic mass is 16.5. The fourth-order valence-corrected chi connectivity index (χ4v) is 6.10. The van der Waals surface area contributed by atoms with Crippen molar-refractivity contribution in [2.75, 3.05) is 25.0 Å². The fraction of sp³-hybridized carbons (Fsp3) is 0.343. The number of para-hydroxylation sites is 1. The van der Waals surface area contributed by atoms with E-state index in [9.17, 15) is 19.2 Å². The molecule has 4 aromatic rings. The Bertz CT molecular complexity index is 1800. The van der Waals surface area contributed by atoms with Gasteiger partial charge in [0.2, 0.25) is 17.7 Å². The molecule has 2 heterocycles. The van der Waals surface area contributed by atoms with Crippen molar-refractivity contribution in [2.24, 2.45) is 16.5 Å². The van der Waals surface area contributed by atoms with Crippen molar-refractivity contribution < 1.29 is 23.9 Å². The molecule has 0 unspecified atom stereocenters. The van der Waals surface area contributed by atoms with Crippen LogP contribution in [0.3, 0.4) is 0 Å². The van der Waals surface area contributed by atoms with Crippen molar-refractivity contribution in [1.82, 2.24) is 20.1 Å². The summed E-state index contributed by atoms with van der Waals surface area (Å²) >= 11 is 0. The second-order valence-corrected chi connectivity index (χ2v) is 11.7. The second-order valence-electron chi connectivity index (χ2n) is 11.7. The molecular formula is C35H42N8O5. The number of nitrogens with one attached hydrogen (secondary N) is 3. The number of alkyl carbamates (subject to hydrolysis) is 1. The Balaban J connectivity index is 1.23. The van der Waals surface area contributed by atoms with Gasteiger partial charge in [0, 0.05) is 47.1 Å². The molecule has 1 aromatic heterocycles. The predicted molar refractivity (Wildman–Crippen MR) is 185 cm³/mol. The molecule has 1 aliphatic rings. The summed E-state index contributed by atoms with van der Waals surface area (Å²) in [5.74, 6) is -1.32. The van der Waals surface area contributed by atoms with Crippen molar-refractivity contribution in [3.63, 3.8) is 0 Å². The number of rotatable bonds is 13. The van der Waals surface area contributed by atoms with Gasteiger partial charge in [0.15, 0.2) is 5.96 Å². The van der Waals surface area contributed by atoms with E-state index in [4.69, 9.17) is 16.2 Å². The smallest absolute Gasteiger partial charge is 0.407 e. The van der Waals surface area contributed by atoms with Gasteiger partial charge in [-0.1, -0.05) is 48.5 Å². The maximum Gasteiger partial charge on any atom is 0.407 e. The Labute approximate surface area is 278 Å². The third-order valence-electron chi connectivity index (χ3n) is 8.41. The van der Waals surface area contributed by atoms with Crippen molar-refractivity contribution in [3.8, 4) is 0 Å². The molecule has 1 aliphatic heterocycles. The van der Waals surface area contributed by atoms with Gasteiger partial charge in [-0.2, -0.15) is 0 Å². The molecule has 13 heteroatoms. The summed E-state index contributed by atoms with van der Waals surface area (Å²) in [6.45, 7) is 3.27. The van der Waals surface area contributed by atoms with Gasteiger partial charge in [0.05, 0.1) is 0 Å². The van der Waals surface area contributed by atoms with E-state index in [1.807, 2.05) is 60.7 Å². The molecule has 0 saturated carbocycles. The van der Waals surface area contributed by atoms with Crippen LogP contribution in [0.1, 0.15) is 38.2 Å². The number of aliphatic imine (C=N–C) groups is 1. The van der Waals surface area contributed by atoms with Crippen molar-refractivity contribution in [2.45, 2.75) is 57.8 Å². The number of aryl methyl sites for hydroxylation is 1. The minimum atomic E-state index is -0.914. The first-order valence-electron chi connectivity index (χ1n) is 16.2. The van der Waals surface area contributed by atoms with Crippen molar-refractivity contribution >= 4 is 57.3 Å². The number of amides is 4. The molecule has 1 fully saturated rings. The van der Waals surface area contributed by atoms with E-state index in [0.717, 1.165) is 33.9 Å². The number of hydrogen-bond acceptors (Lipinski definition) is 6. The lowest BCUT2D eigenvalue weighted by Gasteiger charge is -2.26. The third kappa shape index (κ3) is 8.21. The minimum Gasteiger partial charge on any atom is -0.445 e. The number of fused-ring (bicyclic) bond motifs is 3. The Hall–Kier alpha value is -5.59. The van der Waals surface area contributed by atoms with Crippen LogP contribution in [0.15, 0.2) is 77.8 Å². The summed E-state index contributed by atoms with van der Waals surface area (Å²) in [5, 5.41) is 10.4. The number of anilines is 1. The van der Waals surface area contributed by atoms with Crippen LogP contribution in [0.4, 0.5) is 10.5 Å². The van der Waals surface area contributed by atoms with E-state index >= 15 is 0 Å². The highest BCUT2D eigenvalue weighted by Gasteiger charge is 2.36. The molecular weight excluding hydrogens is 612 g/mol. The molecule has 7 N–H and O–H groups in total. The molecule has 0 radical (unpaired) electrons. The lowest BCUT2D eigenvalue weighted by atomic mass is 10.1. The number of benzene rings is 3. The van der Waals surface area contributed by atoms with Crippen LogP contribution in [0.2, 0.25) is 0 Å². The first-order valence-corrected chi connectivity index (χ1v) is 16.2. The molecule has 5 rings (SSSR count). The number of carbonyl (C=O) groups excluding carboxylic acids is 4. The number of aromatic nitrogens is 1. The van der Waals surface area contributed by atoms with Crippen LogP contribution < -0.4 is 27.4 Å². The summed E-state index contributed by atoms with van der Waals surface area (Å²) in [6.07, 6.45) is 0.997. The molecule has 252 valence electrons. The van der Waals surface area contributed by atoms with Gasteiger partial charge in [0.25, 0.3) is 0 Å².